The van der Waals surface area contributed by atoms with Crippen LogP contribution in [0, 0.1) is 5.92 Å². The Morgan fingerprint density at radius 3 is 2.50 bits per heavy atom. The highest BCUT2D eigenvalue weighted by atomic mass is 16.4. The molecule has 3 aromatic rings. The molecule has 2 aromatic carbocycles. The Morgan fingerprint density at radius 2 is 1.79 bits per heavy atom. The van der Waals surface area contributed by atoms with Crippen LogP contribution in [0.5, 0.6) is 0 Å². The van der Waals surface area contributed by atoms with Gasteiger partial charge in [0, 0.05) is 17.5 Å². The van der Waals surface area contributed by atoms with E-state index in [4.69, 9.17) is 4.42 Å². The molecule has 0 aliphatic rings. The minimum absolute atomic E-state index is 0.0111. The van der Waals surface area contributed by atoms with E-state index >= 15 is 0 Å². The summed E-state index contributed by atoms with van der Waals surface area (Å²) in [6.45, 7) is 4.00. The molecule has 0 fully saturated rings. The largest absolute Gasteiger partial charge is 0.422 e. The summed E-state index contributed by atoms with van der Waals surface area (Å²) in [5, 5.41) is 3.73. The van der Waals surface area contributed by atoms with Crippen molar-refractivity contribution in [2.75, 3.05) is 5.32 Å². The number of nitrogens with one attached hydrogen (secondary N) is 1. The van der Waals surface area contributed by atoms with E-state index in [-0.39, 0.29) is 11.5 Å². The van der Waals surface area contributed by atoms with Gasteiger partial charge in [0.1, 0.15) is 5.58 Å². The standard InChI is InChI=1S/C20H19NO3/c1-13(2)11-19(22)21-16-9-7-14(8-10-16)17-12-15-5-3-4-6-18(15)24-20(17)23/h3-10,12-13H,11H2,1-2H3,(H,21,22). The van der Waals surface area contributed by atoms with Crippen LogP contribution in [0.15, 0.2) is 63.8 Å². The Labute approximate surface area is 140 Å². The average molecular weight is 321 g/mol. The molecule has 3 rings (SSSR count). The van der Waals surface area contributed by atoms with Crippen molar-refractivity contribution in [3.05, 3.63) is 65.0 Å². The fourth-order valence-electron chi connectivity index (χ4n) is 2.58. The molecular formula is C20H19NO3. The molecule has 0 bridgehead atoms. The first-order valence-electron chi connectivity index (χ1n) is 7.96. The van der Waals surface area contributed by atoms with E-state index in [1.165, 1.54) is 0 Å². The van der Waals surface area contributed by atoms with Gasteiger partial charge < -0.3 is 9.73 Å². The molecule has 1 aromatic heterocycles. The van der Waals surface area contributed by atoms with E-state index in [9.17, 15) is 9.59 Å². The first-order valence-corrected chi connectivity index (χ1v) is 7.96. The van der Waals surface area contributed by atoms with Crippen molar-refractivity contribution in [3.8, 4) is 11.1 Å². The van der Waals surface area contributed by atoms with Crippen molar-refractivity contribution in [3.63, 3.8) is 0 Å². The third kappa shape index (κ3) is 3.54. The molecule has 1 N–H and O–H groups in total. The van der Waals surface area contributed by atoms with Crippen molar-refractivity contribution in [2.24, 2.45) is 5.92 Å². The zero-order valence-electron chi connectivity index (χ0n) is 13.7. The summed E-state index contributed by atoms with van der Waals surface area (Å²) in [6, 6.07) is 16.4. The molecule has 0 radical (unpaired) electrons. The fraction of sp³-hybridized carbons (Fsp3) is 0.200. The maximum absolute atomic E-state index is 12.2. The van der Waals surface area contributed by atoms with Gasteiger partial charge in [-0.3, -0.25) is 4.79 Å². The molecule has 4 nitrogen and oxygen atoms in total. The molecule has 0 saturated heterocycles. The number of carbonyl (C=O) groups is 1. The van der Waals surface area contributed by atoms with Crippen LogP contribution >= 0.6 is 0 Å². The van der Waals surface area contributed by atoms with Crippen LogP contribution in [-0.4, -0.2) is 5.91 Å². The number of carbonyl (C=O) groups excluding carboxylic acids is 1. The Hall–Kier alpha value is -2.88. The molecule has 0 aliphatic carbocycles. The lowest BCUT2D eigenvalue weighted by Crippen LogP contribution is -2.13. The summed E-state index contributed by atoms with van der Waals surface area (Å²) in [6.07, 6.45) is 0.482. The second kappa shape index (κ2) is 6.71. The number of amides is 1. The number of fused-ring (bicyclic) bond motifs is 1. The van der Waals surface area contributed by atoms with Gasteiger partial charge >= 0.3 is 5.63 Å². The van der Waals surface area contributed by atoms with Crippen molar-refractivity contribution in [2.45, 2.75) is 20.3 Å². The second-order valence-electron chi connectivity index (χ2n) is 6.21. The quantitative estimate of drug-likeness (QED) is 0.722. The zero-order chi connectivity index (χ0) is 17.1. The lowest BCUT2D eigenvalue weighted by Gasteiger charge is -2.08. The SMILES string of the molecule is CC(C)CC(=O)Nc1ccc(-c2cc3ccccc3oc2=O)cc1. The van der Waals surface area contributed by atoms with Crippen LogP contribution < -0.4 is 10.9 Å². The summed E-state index contributed by atoms with van der Waals surface area (Å²) in [4.78, 5) is 24.0. The molecule has 0 atom stereocenters. The van der Waals surface area contributed by atoms with Gasteiger partial charge in [-0.15, -0.1) is 0 Å². The summed E-state index contributed by atoms with van der Waals surface area (Å²) in [5.41, 5.74) is 2.19. The highest BCUT2D eigenvalue weighted by Crippen LogP contribution is 2.22. The maximum Gasteiger partial charge on any atom is 0.344 e. The lowest BCUT2D eigenvalue weighted by molar-refractivity contribution is -0.116. The third-order valence-corrected chi connectivity index (χ3v) is 3.71. The Kier molecular flexibility index (Phi) is 4.47. The molecule has 4 heteroatoms. The predicted molar refractivity (Wildman–Crippen MR) is 96.0 cm³/mol. The van der Waals surface area contributed by atoms with Gasteiger partial charge in [-0.1, -0.05) is 44.2 Å². The van der Waals surface area contributed by atoms with Crippen LogP contribution in [0.4, 0.5) is 5.69 Å². The number of hydrogen-bond donors (Lipinski definition) is 1. The van der Waals surface area contributed by atoms with Gasteiger partial charge in [0.05, 0.1) is 5.56 Å². The zero-order valence-corrected chi connectivity index (χ0v) is 13.7. The Balaban J connectivity index is 1.87. The van der Waals surface area contributed by atoms with Crippen LogP contribution in [-0.2, 0) is 4.79 Å². The number of anilines is 1. The van der Waals surface area contributed by atoms with Crippen LogP contribution in [0.3, 0.4) is 0 Å². The fourth-order valence-corrected chi connectivity index (χ4v) is 2.58. The lowest BCUT2D eigenvalue weighted by atomic mass is 10.1. The van der Waals surface area contributed by atoms with Gasteiger partial charge in [-0.05, 0) is 35.7 Å². The normalized spacial score (nSPS) is 11.0. The van der Waals surface area contributed by atoms with Gasteiger partial charge in [-0.2, -0.15) is 0 Å². The smallest absolute Gasteiger partial charge is 0.344 e. The topological polar surface area (TPSA) is 59.3 Å². The van der Waals surface area contributed by atoms with Gasteiger partial charge in [0.25, 0.3) is 0 Å². The minimum atomic E-state index is -0.370. The summed E-state index contributed by atoms with van der Waals surface area (Å²) in [7, 11) is 0. The van der Waals surface area contributed by atoms with Crippen molar-refractivity contribution in [1.82, 2.24) is 0 Å². The van der Waals surface area contributed by atoms with Crippen molar-refractivity contribution in [1.29, 1.82) is 0 Å². The van der Waals surface area contributed by atoms with Crippen LogP contribution in [0.2, 0.25) is 0 Å². The molecule has 24 heavy (non-hydrogen) atoms. The monoisotopic (exact) mass is 321 g/mol. The third-order valence-electron chi connectivity index (χ3n) is 3.71. The number of rotatable bonds is 4. The summed E-state index contributed by atoms with van der Waals surface area (Å²) in [5.74, 6) is 0.300. The first-order chi connectivity index (χ1) is 11.5. The summed E-state index contributed by atoms with van der Waals surface area (Å²) < 4.78 is 5.36. The van der Waals surface area contributed by atoms with E-state index < -0.39 is 0 Å². The maximum atomic E-state index is 12.2. The molecule has 0 spiro atoms. The highest BCUT2D eigenvalue weighted by molar-refractivity contribution is 5.91. The van der Waals surface area contributed by atoms with Crippen LogP contribution in [0.25, 0.3) is 22.1 Å². The van der Waals surface area contributed by atoms with Crippen molar-refractivity contribution >= 4 is 22.6 Å². The molecule has 1 amide bonds. The van der Waals surface area contributed by atoms with E-state index in [1.807, 2.05) is 50.2 Å². The molecule has 122 valence electrons. The van der Waals surface area contributed by atoms with Gasteiger partial charge in [-0.25, -0.2) is 4.79 Å². The van der Waals surface area contributed by atoms with Crippen LogP contribution in [0.1, 0.15) is 20.3 Å². The molecule has 0 saturated carbocycles. The Bertz CT molecular complexity index is 924. The molecule has 1 heterocycles. The predicted octanol–water partition coefficient (Wildman–Crippen LogP) is 4.44. The number of benzene rings is 2. The van der Waals surface area contributed by atoms with Gasteiger partial charge in [0.15, 0.2) is 0 Å². The highest BCUT2D eigenvalue weighted by Gasteiger charge is 2.09. The van der Waals surface area contributed by atoms with Gasteiger partial charge in [0.2, 0.25) is 5.91 Å². The minimum Gasteiger partial charge on any atom is -0.422 e. The van der Waals surface area contributed by atoms with E-state index in [1.54, 1.807) is 18.2 Å². The Morgan fingerprint density at radius 1 is 1.08 bits per heavy atom. The number of hydrogen-bond acceptors (Lipinski definition) is 3. The average Bonchev–Trinajstić information content (AvgIpc) is 2.54. The van der Waals surface area contributed by atoms with Crippen molar-refractivity contribution < 1.29 is 9.21 Å². The second-order valence-corrected chi connectivity index (χ2v) is 6.21. The van der Waals surface area contributed by atoms with E-state index in [0.717, 1.165) is 16.6 Å². The summed E-state index contributed by atoms with van der Waals surface area (Å²) >= 11 is 0. The first kappa shape index (κ1) is 16.0. The van der Waals surface area contributed by atoms with E-state index in [2.05, 4.69) is 5.32 Å². The number of para-hydroxylation sites is 1. The molecular weight excluding hydrogens is 302 g/mol. The molecule has 0 unspecified atom stereocenters. The molecule has 0 aliphatic heterocycles. The van der Waals surface area contributed by atoms with E-state index in [0.29, 0.717) is 23.5 Å².